The largest absolute Gasteiger partial charge is 0.325 e. The lowest BCUT2D eigenvalue weighted by molar-refractivity contribution is -0.117. The van der Waals surface area contributed by atoms with Crippen LogP contribution < -0.4 is 11.1 Å². The number of carbonyl (C=O) groups is 1. The second kappa shape index (κ2) is 6.16. The van der Waals surface area contributed by atoms with Gasteiger partial charge < -0.3 is 11.1 Å². The normalized spacial score (nSPS) is 13.6. The Morgan fingerprint density at radius 3 is 2.11 bits per heavy atom. The lowest BCUT2D eigenvalue weighted by Crippen LogP contribution is -2.39. The molecule has 0 unspecified atom stereocenters. The number of amides is 1. The zero-order valence-electron chi connectivity index (χ0n) is 10.9. The van der Waals surface area contributed by atoms with Crippen molar-refractivity contribution in [3.05, 3.63) is 66.2 Å². The monoisotopic (exact) mass is 254 g/mol. The van der Waals surface area contributed by atoms with Crippen LogP contribution >= 0.6 is 0 Å². The second-order valence-electron chi connectivity index (χ2n) is 4.58. The summed E-state index contributed by atoms with van der Waals surface area (Å²) in [6, 6.07) is 18.6. The van der Waals surface area contributed by atoms with Gasteiger partial charge in [-0.2, -0.15) is 0 Å². The van der Waals surface area contributed by atoms with E-state index in [1.165, 1.54) is 0 Å². The average molecular weight is 254 g/mol. The number of rotatable bonds is 4. The van der Waals surface area contributed by atoms with Crippen molar-refractivity contribution in [2.24, 2.45) is 5.73 Å². The van der Waals surface area contributed by atoms with Gasteiger partial charge in [0.2, 0.25) is 5.91 Å². The standard InChI is InChI=1S/C16H18N2O/c1-12(13-8-4-2-5-9-13)15(17)16(19)18-14-10-6-3-7-11-14/h2-12,15H,17H2,1H3,(H,18,19)/t12-,15-/m0/s1. The van der Waals surface area contributed by atoms with E-state index in [0.717, 1.165) is 11.3 Å². The molecule has 0 spiro atoms. The maximum absolute atomic E-state index is 12.1. The number of carbonyl (C=O) groups excluding carboxylic acids is 1. The van der Waals surface area contributed by atoms with Gasteiger partial charge >= 0.3 is 0 Å². The Balaban J connectivity index is 2.03. The molecule has 2 aromatic rings. The number of hydrogen-bond donors (Lipinski definition) is 2. The van der Waals surface area contributed by atoms with Gasteiger partial charge in [0, 0.05) is 11.6 Å². The minimum absolute atomic E-state index is 0.0232. The average Bonchev–Trinajstić information content (AvgIpc) is 2.47. The molecule has 0 aliphatic heterocycles. The molecular weight excluding hydrogens is 236 g/mol. The van der Waals surface area contributed by atoms with Crippen molar-refractivity contribution < 1.29 is 4.79 Å². The smallest absolute Gasteiger partial charge is 0.241 e. The third kappa shape index (κ3) is 3.42. The van der Waals surface area contributed by atoms with Gasteiger partial charge in [0.15, 0.2) is 0 Å². The minimum Gasteiger partial charge on any atom is -0.325 e. The van der Waals surface area contributed by atoms with Gasteiger partial charge in [-0.3, -0.25) is 4.79 Å². The first-order valence-corrected chi connectivity index (χ1v) is 6.35. The Kier molecular flexibility index (Phi) is 4.31. The van der Waals surface area contributed by atoms with Gasteiger partial charge in [0.1, 0.15) is 0 Å². The Bertz CT molecular complexity index is 525. The Labute approximate surface area is 113 Å². The number of anilines is 1. The van der Waals surface area contributed by atoms with E-state index >= 15 is 0 Å². The quantitative estimate of drug-likeness (QED) is 0.881. The van der Waals surface area contributed by atoms with Crippen molar-refractivity contribution in [3.63, 3.8) is 0 Å². The summed E-state index contributed by atoms with van der Waals surface area (Å²) in [5.41, 5.74) is 7.86. The SMILES string of the molecule is C[C@@H](c1ccccc1)[C@H](N)C(=O)Nc1ccccc1. The Morgan fingerprint density at radius 1 is 1.00 bits per heavy atom. The first kappa shape index (κ1) is 13.3. The van der Waals surface area contributed by atoms with Crippen molar-refractivity contribution >= 4 is 11.6 Å². The first-order chi connectivity index (χ1) is 9.18. The number of hydrogen-bond acceptors (Lipinski definition) is 2. The summed E-state index contributed by atoms with van der Waals surface area (Å²) in [6.45, 7) is 1.96. The predicted molar refractivity (Wildman–Crippen MR) is 77.9 cm³/mol. The van der Waals surface area contributed by atoms with Crippen molar-refractivity contribution in [2.45, 2.75) is 18.9 Å². The maximum atomic E-state index is 12.1. The van der Waals surface area contributed by atoms with Crippen LogP contribution in [0.2, 0.25) is 0 Å². The lowest BCUT2D eigenvalue weighted by Gasteiger charge is -2.19. The molecule has 2 atom stereocenters. The molecule has 0 bridgehead atoms. The molecule has 0 radical (unpaired) electrons. The fourth-order valence-corrected chi connectivity index (χ4v) is 1.94. The highest BCUT2D eigenvalue weighted by Crippen LogP contribution is 2.18. The van der Waals surface area contributed by atoms with Gasteiger partial charge in [-0.05, 0) is 17.7 Å². The summed E-state index contributed by atoms with van der Waals surface area (Å²) in [6.07, 6.45) is 0. The molecule has 0 aliphatic carbocycles. The van der Waals surface area contributed by atoms with Crippen LogP contribution in [0.5, 0.6) is 0 Å². The van der Waals surface area contributed by atoms with E-state index < -0.39 is 6.04 Å². The van der Waals surface area contributed by atoms with Gasteiger partial charge in [-0.15, -0.1) is 0 Å². The van der Waals surface area contributed by atoms with E-state index in [1.807, 2.05) is 67.6 Å². The van der Waals surface area contributed by atoms with Crippen LogP contribution in [0.15, 0.2) is 60.7 Å². The highest BCUT2D eigenvalue weighted by atomic mass is 16.2. The first-order valence-electron chi connectivity index (χ1n) is 6.35. The Morgan fingerprint density at radius 2 is 1.53 bits per heavy atom. The van der Waals surface area contributed by atoms with Crippen LogP contribution in [0.3, 0.4) is 0 Å². The third-order valence-corrected chi connectivity index (χ3v) is 3.21. The lowest BCUT2D eigenvalue weighted by atomic mass is 9.93. The van der Waals surface area contributed by atoms with E-state index in [-0.39, 0.29) is 11.8 Å². The summed E-state index contributed by atoms with van der Waals surface area (Å²) in [5.74, 6) is -0.188. The summed E-state index contributed by atoms with van der Waals surface area (Å²) < 4.78 is 0. The molecular formula is C16H18N2O. The molecule has 1 amide bonds. The van der Waals surface area contributed by atoms with E-state index in [1.54, 1.807) is 0 Å². The van der Waals surface area contributed by atoms with E-state index in [9.17, 15) is 4.79 Å². The van der Waals surface area contributed by atoms with E-state index in [4.69, 9.17) is 5.73 Å². The third-order valence-electron chi connectivity index (χ3n) is 3.21. The fraction of sp³-hybridized carbons (Fsp3) is 0.188. The molecule has 0 aromatic heterocycles. The number of nitrogens with one attached hydrogen (secondary N) is 1. The minimum atomic E-state index is -0.567. The molecule has 19 heavy (non-hydrogen) atoms. The molecule has 0 saturated heterocycles. The molecule has 0 saturated carbocycles. The number of para-hydroxylation sites is 1. The molecule has 3 N–H and O–H groups in total. The summed E-state index contributed by atoms with van der Waals surface area (Å²) in [5, 5.41) is 2.83. The van der Waals surface area contributed by atoms with Crippen LogP contribution in [0.4, 0.5) is 5.69 Å². The molecule has 3 nitrogen and oxygen atoms in total. The fourth-order valence-electron chi connectivity index (χ4n) is 1.94. The van der Waals surface area contributed by atoms with Gasteiger partial charge in [0.05, 0.1) is 6.04 Å². The molecule has 0 aliphatic rings. The summed E-state index contributed by atoms with van der Waals surface area (Å²) >= 11 is 0. The molecule has 0 fully saturated rings. The summed E-state index contributed by atoms with van der Waals surface area (Å²) in [7, 11) is 0. The van der Waals surface area contributed by atoms with E-state index in [2.05, 4.69) is 5.32 Å². The predicted octanol–water partition coefficient (Wildman–Crippen LogP) is 2.76. The second-order valence-corrected chi connectivity index (χ2v) is 4.58. The Hall–Kier alpha value is -2.13. The van der Waals surface area contributed by atoms with E-state index in [0.29, 0.717) is 0 Å². The van der Waals surface area contributed by atoms with Crippen molar-refractivity contribution in [1.82, 2.24) is 0 Å². The molecule has 3 heteroatoms. The van der Waals surface area contributed by atoms with Crippen LogP contribution in [0, 0.1) is 0 Å². The van der Waals surface area contributed by atoms with Gasteiger partial charge in [-0.25, -0.2) is 0 Å². The van der Waals surface area contributed by atoms with Crippen LogP contribution in [-0.4, -0.2) is 11.9 Å². The topological polar surface area (TPSA) is 55.1 Å². The van der Waals surface area contributed by atoms with Crippen LogP contribution in [0.25, 0.3) is 0 Å². The summed E-state index contributed by atoms with van der Waals surface area (Å²) in [4.78, 5) is 12.1. The number of benzene rings is 2. The molecule has 98 valence electrons. The maximum Gasteiger partial charge on any atom is 0.241 e. The van der Waals surface area contributed by atoms with Crippen molar-refractivity contribution in [3.8, 4) is 0 Å². The highest BCUT2D eigenvalue weighted by Gasteiger charge is 2.22. The van der Waals surface area contributed by atoms with Crippen LogP contribution in [-0.2, 0) is 4.79 Å². The zero-order chi connectivity index (χ0) is 13.7. The zero-order valence-corrected chi connectivity index (χ0v) is 10.9. The van der Waals surface area contributed by atoms with Gasteiger partial charge in [0.25, 0.3) is 0 Å². The highest BCUT2D eigenvalue weighted by molar-refractivity contribution is 5.95. The number of nitrogens with two attached hydrogens (primary N) is 1. The van der Waals surface area contributed by atoms with Crippen molar-refractivity contribution in [2.75, 3.05) is 5.32 Å². The van der Waals surface area contributed by atoms with Gasteiger partial charge in [-0.1, -0.05) is 55.5 Å². The van der Waals surface area contributed by atoms with Crippen molar-refractivity contribution in [1.29, 1.82) is 0 Å². The molecule has 2 rings (SSSR count). The molecule has 0 heterocycles. The molecule has 2 aromatic carbocycles. The van der Waals surface area contributed by atoms with Crippen LogP contribution in [0.1, 0.15) is 18.4 Å².